The summed E-state index contributed by atoms with van der Waals surface area (Å²) in [7, 11) is 0. The van der Waals surface area contributed by atoms with Crippen molar-refractivity contribution in [3.8, 4) is 0 Å². The minimum Gasteiger partial charge on any atom is -0.370 e. The van der Waals surface area contributed by atoms with Crippen molar-refractivity contribution in [3.63, 3.8) is 0 Å². The van der Waals surface area contributed by atoms with Gasteiger partial charge in [0.15, 0.2) is 6.29 Å². The maximum atomic E-state index is 10.6. The van der Waals surface area contributed by atoms with Crippen LogP contribution in [0.3, 0.4) is 0 Å². The highest BCUT2D eigenvalue weighted by molar-refractivity contribution is 5.74. The number of carbonyl (C=O) groups excluding carboxylic acids is 1. The standard InChI is InChI=1S/C12H24N2O3/c1-12(2)7-16-11(17-8-12)5-3-4-9(13)6-10(14)15/h9,11H,3-8,13H2,1-2H3,(H2,14,15). The van der Waals surface area contributed by atoms with E-state index in [-0.39, 0.29) is 30.1 Å². The smallest absolute Gasteiger partial charge is 0.218 e. The molecule has 0 aromatic rings. The second-order valence-corrected chi connectivity index (χ2v) is 5.58. The van der Waals surface area contributed by atoms with Crippen LogP contribution in [0.5, 0.6) is 0 Å². The Kier molecular flexibility index (Phi) is 5.36. The third-order valence-corrected chi connectivity index (χ3v) is 2.80. The first-order valence-corrected chi connectivity index (χ1v) is 6.16. The van der Waals surface area contributed by atoms with Gasteiger partial charge in [-0.05, 0) is 19.3 Å². The Hall–Kier alpha value is -0.650. The fourth-order valence-electron chi connectivity index (χ4n) is 1.80. The molecule has 17 heavy (non-hydrogen) atoms. The summed E-state index contributed by atoms with van der Waals surface area (Å²) in [5.74, 6) is -0.343. The number of ether oxygens (including phenoxy) is 2. The zero-order chi connectivity index (χ0) is 12.9. The third-order valence-electron chi connectivity index (χ3n) is 2.80. The molecule has 0 spiro atoms. The molecular formula is C12H24N2O3. The number of primary amides is 1. The number of amides is 1. The molecule has 1 fully saturated rings. The van der Waals surface area contributed by atoms with Crippen molar-refractivity contribution in [2.45, 2.75) is 51.9 Å². The van der Waals surface area contributed by atoms with Gasteiger partial charge in [0.2, 0.25) is 5.91 Å². The van der Waals surface area contributed by atoms with Gasteiger partial charge < -0.3 is 20.9 Å². The van der Waals surface area contributed by atoms with E-state index in [0.29, 0.717) is 0 Å². The van der Waals surface area contributed by atoms with Crippen LogP contribution in [0.15, 0.2) is 0 Å². The number of rotatable bonds is 6. The molecule has 5 heteroatoms. The van der Waals surface area contributed by atoms with Crippen LogP contribution >= 0.6 is 0 Å². The SMILES string of the molecule is CC1(C)COC(CCCC(N)CC(N)=O)OC1. The van der Waals surface area contributed by atoms with Gasteiger partial charge in [0, 0.05) is 17.9 Å². The molecule has 1 atom stereocenters. The average Bonchev–Trinajstić information content (AvgIpc) is 2.19. The van der Waals surface area contributed by atoms with Gasteiger partial charge in [0.1, 0.15) is 0 Å². The van der Waals surface area contributed by atoms with E-state index in [4.69, 9.17) is 20.9 Å². The largest absolute Gasteiger partial charge is 0.370 e. The summed E-state index contributed by atoms with van der Waals surface area (Å²) < 4.78 is 11.2. The molecule has 1 amide bonds. The van der Waals surface area contributed by atoms with Crippen LogP contribution in [-0.2, 0) is 14.3 Å². The Labute approximate surface area is 103 Å². The zero-order valence-electron chi connectivity index (χ0n) is 10.8. The quantitative estimate of drug-likeness (QED) is 0.722. The van der Waals surface area contributed by atoms with E-state index in [9.17, 15) is 4.79 Å². The number of nitrogens with two attached hydrogens (primary N) is 2. The lowest BCUT2D eigenvalue weighted by atomic mass is 9.95. The van der Waals surface area contributed by atoms with Gasteiger partial charge in [0.25, 0.3) is 0 Å². The molecule has 0 aromatic heterocycles. The fourth-order valence-corrected chi connectivity index (χ4v) is 1.80. The Balaban J connectivity index is 2.10. The first-order valence-electron chi connectivity index (χ1n) is 6.16. The highest BCUT2D eigenvalue weighted by Crippen LogP contribution is 2.24. The third kappa shape index (κ3) is 6.00. The average molecular weight is 244 g/mol. The van der Waals surface area contributed by atoms with Crippen LogP contribution in [0, 0.1) is 5.41 Å². The van der Waals surface area contributed by atoms with E-state index in [0.717, 1.165) is 32.5 Å². The van der Waals surface area contributed by atoms with Gasteiger partial charge in [-0.2, -0.15) is 0 Å². The van der Waals surface area contributed by atoms with Crippen LogP contribution < -0.4 is 11.5 Å². The van der Waals surface area contributed by atoms with Crippen LogP contribution in [0.4, 0.5) is 0 Å². The first-order chi connectivity index (χ1) is 7.89. The summed E-state index contributed by atoms with van der Waals surface area (Å²) in [6.45, 7) is 5.69. The lowest BCUT2D eigenvalue weighted by Crippen LogP contribution is -2.37. The van der Waals surface area contributed by atoms with E-state index in [1.54, 1.807) is 0 Å². The highest BCUT2D eigenvalue weighted by atomic mass is 16.7. The first kappa shape index (κ1) is 14.4. The molecule has 100 valence electrons. The van der Waals surface area contributed by atoms with Crippen LogP contribution in [0.2, 0.25) is 0 Å². The number of carbonyl (C=O) groups is 1. The lowest BCUT2D eigenvalue weighted by molar-refractivity contribution is -0.224. The molecule has 1 aliphatic rings. The normalized spacial score (nSPS) is 22.3. The zero-order valence-corrected chi connectivity index (χ0v) is 10.8. The summed E-state index contributed by atoms with van der Waals surface area (Å²) in [5.41, 5.74) is 10.9. The molecule has 5 nitrogen and oxygen atoms in total. The van der Waals surface area contributed by atoms with E-state index in [1.807, 2.05) is 0 Å². The van der Waals surface area contributed by atoms with Crippen molar-refractivity contribution in [3.05, 3.63) is 0 Å². The number of hydrogen-bond acceptors (Lipinski definition) is 4. The van der Waals surface area contributed by atoms with Gasteiger partial charge in [-0.1, -0.05) is 13.8 Å². The van der Waals surface area contributed by atoms with E-state index in [1.165, 1.54) is 0 Å². The van der Waals surface area contributed by atoms with E-state index < -0.39 is 0 Å². The van der Waals surface area contributed by atoms with Gasteiger partial charge in [-0.15, -0.1) is 0 Å². The predicted molar refractivity (Wildman–Crippen MR) is 65.1 cm³/mol. The van der Waals surface area contributed by atoms with E-state index >= 15 is 0 Å². The minimum atomic E-state index is -0.343. The maximum absolute atomic E-state index is 10.6. The van der Waals surface area contributed by atoms with Crippen molar-refractivity contribution in [1.29, 1.82) is 0 Å². The van der Waals surface area contributed by atoms with Crippen molar-refractivity contribution in [2.75, 3.05) is 13.2 Å². The van der Waals surface area contributed by atoms with E-state index in [2.05, 4.69) is 13.8 Å². The van der Waals surface area contributed by atoms with Crippen molar-refractivity contribution in [2.24, 2.45) is 16.9 Å². The predicted octanol–water partition coefficient (Wildman–Crippen LogP) is 0.759. The molecule has 0 bridgehead atoms. The topological polar surface area (TPSA) is 87.6 Å². The molecule has 1 heterocycles. The highest BCUT2D eigenvalue weighted by Gasteiger charge is 2.27. The van der Waals surface area contributed by atoms with Crippen molar-refractivity contribution >= 4 is 5.91 Å². The summed E-state index contributed by atoms with van der Waals surface area (Å²) >= 11 is 0. The maximum Gasteiger partial charge on any atom is 0.218 e. The molecule has 0 saturated carbocycles. The molecule has 0 aliphatic carbocycles. The molecule has 4 N–H and O–H groups in total. The molecule has 0 aromatic carbocycles. The lowest BCUT2D eigenvalue weighted by Gasteiger charge is -2.34. The summed E-state index contributed by atoms with van der Waals surface area (Å²) in [4.78, 5) is 10.6. The monoisotopic (exact) mass is 244 g/mol. The van der Waals surface area contributed by atoms with Crippen LogP contribution in [-0.4, -0.2) is 31.5 Å². The van der Waals surface area contributed by atoms with Crippen LogP contribution in [0.25, 0.3) is 0 Å². The molecule has 1 rings (SSSR count). The summed E-state index contributed by atoms with van der Waals surface area (Å²) in [5, 5.41) is 0. The molecule has 1 unspecified atom stereocenters. The molecular weight excluding hydrogens is 220 g/mol. The second kappa shape index (κ2) is 6.33. The Morgan fingerprint density at radius 1 is 1.41 bits per heavy atom. The van der Waals surface area contributed by atoms with Gasteiger partial charge in [-0.3, -0.25) is 4.79 Å². The second-order valence-electron chi connectivity index (χ2n) is 5.58. The Morgan fingerprint density at radius 2 is 2.00 bits per heavy atom. The number of hydrogen-bond donors (Lipinski definition) is 2. The molecule has 0 radical (unpaired) electrons. The summed E-state index contributed by atoms with van der Waals surface area (Å²) in [6, 6.07) is -0.146. The Bertz CT molecular complexity index is 246. The summed E-state index contributed by atoms with van der Waals surface area (Å²) in [6.07, 6.45) is 2.61. The van der Waals surface area contributed by atoms with Crippen molar-refractivity contribution < 1.29 is 14.3 Å². The van der Waals surface area contributed by atoms with Crippen molar-refractivity contribution in [1.82, 2.24) is 0 Å². The van der Waals surface area contributed by atoms with Gasteiger partial charge in [0.05, 0.1) is 13.2 Å². The van der Waals surface area contributed by atoms with Gasteiger partial charge >= 0.3 is 0 Å². The van der Waals surface area contributed by atoms with Gasteiger partial charge in [-0.25, -0.2) is 0 Å². The molecule has 1 aliphatic heterocycles. The minimum absolute atomic E-state index is 0.110. The fraction of sp³-hybridized carbons (Fsp3) is 0.917. The molecule has 1 saturated heterocycles. The Morgan fingerprint density at radius 3 is 2.53 bits per heavy atom. The van der Waals surface area contributed by atoms with Crippen LogP contribution in [0.1, 0.15) is 39.5 Å².